The largest absolute Gasteiger partial charge is 0.468 e. The summed E-state index contributed by atoms with van der Waals surface area (Å²) < 4.78 is 18.4. The number of cyclic esters (lactones) is 1. The Morgan fingerprint density at radius 2 is 2.00 bits per heavy atom. The van der Waals surface area contributed by atoms with Gasteiger partial charge in [-0.2, -0.15) is 0 Å². The second-order valence-electron chi connectivity index (χ2n) is 12.4. The molecule has 2 aliphatic rings. The van der Waals surface area contributed by atoms with Crippen molar-refractivity contribution in [1.29, 1.82) is 0 Å². The molecule has 2 saturated heterocycles. The second-order valence-corrected chi connectivity index (χ2v) is 14.5. The van der Waals surface area contributed by atoms with Crippen molar-refractivity contribution in [2.45, 2.75) is 114 Å². The predicted octanol–water partition coefficient (Wildman–Crippen LogP) is 6.05. The number of carbonyl (C=O) groups is 2. The molecule has 2 aromatic heterocycles. The van der Waals surface area contributed by atoms with E-state index in [0.717, 1.165) is 40.6 Å². The average Bonchev–Trinajstić information content (AvgIpc) is 3.29. The van der Waals surface area contributed by atoms with E-state index in [-0.39, 0.29) is 29.8 Å². The van der Waals surface area contributed by atoms with Gasteiger partial charge in [-0.15, -0.1) is 11.3 Å². The van der Waals surface area contributed by atoms with Crippen LogP contribution in [0.2, 0.25) is 0 Å². The van der Waals surface area contributed by atoms with Crippen LogP contribution in [-0.2, 0) is 24.8 Å². The lowest BCUT2D eigenvalue weighted by atomic mass is 9.73. The Bertz CT molecular complexity index is 1220. The van der Waals surface area contributed by atoms with Gasteiger partial charge in [-0.05, 0) is 56.4 Å². The zero-order valence-corrected chi connectivity index (χ0v) is 26.4. The molecule has 4 rings (SSSR count). The highest BCUT2D eigenvalue weighted by Gasteiger charge is 2.53. The van der Waals surface area contributed by atoms with E-state index in [4.69, 9.17) is 18.9 Å². The minimum Gasteiger partial charge on any atom is -0.468 e. The molecule has 7 atom stereocenters. The van der Waals surface area contributed by atoms with Crippen LogP contribution in [0.25, 0.3) is 6.08 Å². The number of esters is 1. The molecular formula is C31H43NO7S2. The minimum atomic E-state index is -1.25. The summed E-state index contributed by atoms with van der Waals surface area (Å²) in [6.45, 7) is 10.9. The molecule has 0 radical (unpaired) electrons. The highest BCUT2D eigenvalue weighted by atomic mass is 32.2. The van der Waals surface area contributed by atoms with Crippen LogP contribution in [0, 0.1) is 17.3 Å². The third-order valence-corrected chi connectivity index (χ3v) is 10.8. The topological polar surface area (TPSA) is 122 Å². The molecule has 2 fully saturated rings. The standard InChI is InChI=1S/C31H43NO7S2/c1-18-9-7-11-31(6)25(39-31)14-23(38-26(34)15-24(33)30(4,5)28(36)20(3)27(18)35)19(2)13-21-16-40-29(32-21)41-17-22-10-8-12-37-22/h8,10,12-13,16,18,20,23-25,27,33,35H,7,9,11,14-15,17H2,1-6H3/t18-,20+,23-,24-,25-,27-,31+/m0/s1. The van der Waals surface area contributed by atoms with Crippen molar-refractivity contribution in [3.8, 4) is 0 Å². The Labute approximate surface area is 250 Å². The van der Waals surface area contributed by atoms with E-state index < -0.39 is 35.6 Å². The summed E-state index contributed by atoms with van der Waals surface area (Å²) in [5.41, 5.74) is 0.0659. The fourth-order valence-electron chi connectivity index (χ4n) is 5.55. The predicted molar refractivity (Wildman–Crippen MR) is 159 cm³/mol. The van der Waals surface area contributed by atoms with Crippen molar-refractivity contribution < 1.29 is 33.7 Å². The number of aliphatic hydroxyl groups is 2. The zero-order chi connectivity index (χ0) is 29.9. The molecule has 0 unspecified atom stereocenters. The Balaban J connectivity index is 1.51. The molecule has 0 aromatic carbocycles. The highest BCUT2D eigenvalue weighted by molar-refractivity contribution is 8.00. The maximum absolute atomic E-state index is 13.3. The fourth-order valence-corrected chi connectivity index (χ4v) is 7.24. The molecule has 0 amide bonds. The van der Waals surface area contributed by atoms with Gasteiger partial charge >= 0.3 is 5.97 Å². The molecule has 0 saturated carbocycles. The van der Waals surface area contributed by atoms with Crippen LogP contribution in [0.3, 0.4) is 0 Å². The van der Waals surface area contributed by atoms with Gasteiger partial charge in [-0.25, -0.2) is 4.98 Å². The zero-order valence-electron chi connectivity index (χ0n) is 24.8. The third kappa shape index (κ3) is 7.90. The number of thiazole rings is 1. The van der Waals surface area contributed by atoms with E-state index >= 15 is 0 Å². The first-order valence-electron chi connectivity index (χ1n) is 14.4. The minimum absolute atomic E-state index is 0.0755. The summed E-state index contributed by atoms with van der Waals surface area (Å²) in [4.78, 5) is 31.1. The number of carbonyl (C=O) groups excluding carboxylic acids is 2. The summed E-state index contributed by atoms with van der Waals surface area (Å²) >= 11 is 3.15. The van der Waals surface area contributed by atoms with E-state index in [1.54, 1.807) is 50.1 Å². The van der Waals surface area contributed by atoms with Crippen LogP contribution < -0.4 is 0 Å². The Kier molecular flexibility index (Phi) is 10.2. The van der Waals surface area contributed by atoms with Gasteiger partial charge in [0, 0.05) is 17.7 Å². The van der Waals surface area contributed by atoms with Crippen LogP contribution in [-0.4, -0.2) is 57.0 Å². The molecule has 2 N–H and O–H groups in total. The first-order valence-corrected chi connectivity index (χ1v) is 16.2. The van der Waals surface area contributed by atoms with Crippen molar-refractivity contribution in [1.82, 2.24) is 4.98 Å². The number of nitrogens with zero attached hydrogens (tertiary/aromatic N) is 1. The van der Waals surface area contributed by atoms with E-state index in [1.807, 2.05) is 37.4 Å². The number of Topliss-reactive ketones (excluding diaryl/α,β-unsaturated/α-hetero) is 1. The molecule has 2 aromatic rings. The first-order chi connectivity index (χ1) is 19.3. The van der Waals surface area contributed by atoms with Gasteiger partial charge in [0.05, 0.1) is 53.5 Å². The lowest BCUT2D eigenvalue weighted by Gasteiger charge is -2.34. The van der Waals surface area contributed by atoms with Gasteiger partial charge in [-0.1, -0.05) is 45.9 Å². The molecular weight excluding hydrogens is 562 g/mol. The molecule has 0 aliphatic carbocycles. The highest BCUT2D eigenvalue weighted by Crippen LogP contribution is 2.45. The lowest BCUT2D eigenvalue weighted by molar-refractivity contribution is -0.154. The van der Waals surface area contributed by atoms with Gasteiger partial charge in [0.25, 0.3) is 0 Å². The Morgan fingerprint density at radius 1 is 1.24 bits per heavy atom. The van der Waals surface area contributed by atoms with Crippen molar-refractivity contribution in [2.24, 2.45) is 17.3 Å². The fraction of sp³-hybridized carbons (Fsp3) is 0.645. The number of hydrogen-bond acceptors (Lipinski definition) is 10. The number of aromatic nitrogens is 1. The quantitative estimate of drug-likeness (QED) is 0.238. The summed E-state index contributed by atoms with van der Waals surface area (Å²) in [6.07, 6.45) is 3.45. The van der Waals surface area contributed by atoms with Crippen LogP contribution >= 0.6 is 23.1 Å². The van der Waals surface area contributed by atoms with E-state index in [1.165, 1.54) is 0 Å². The van der Waals surface area contributed by atoms with Crippen molar-refractivity contribution >= 4 is 40.9 Å². The maximum Gasteiger partial charge on any atom is 0.309 e. The number of hydrogen-bond donors (Lipinski definition) is 2. The number of fused-ring (bicyclic) bond motifs is 1. The number of thioether (sulfide) groups is 1. The molecule has 41 heavy (non-hydrogen) atoms. The molecule has 10 heteroatoms. The smallest absolute Gasteiger partial charge is 0.309 e. The molecule has 0 spiro atoms. The monoisotopic (exact) mass is 605 g/mol. The summed E-state index contributed by atoms with van der Waals surface area (Å²) in [5.74, 6) is -0.0242. The van der Waals surface area contributed by atoms with Crippen molar-refractivity contribution in [3.05, 3.63) is 40.8 Å². The van der Waals surface area contributed by atoms with E-state index in [2.05, 4.69) is 6.92 Å². The lowest BCUT2D eigenvalue weighted by Crippen LogP contribution is -2.45. The number of rotatable bonds is 5. The average molecular weight is 606 g/mol. The van der Waals surface area contributed by atoms with Crippen LogP contribution in [0.5, 0.6) is 0 Å². The van der Waals surface area contributed by atoms with Crippen molar-refractivity contribution in [2.75, 3.05) is 0 Å². The van der Waals surface area contributed by atoms with Crippen LogP contribution in [0.1, 0.15) is 85.1 Å². The molecule has 2 aliphatic heterocycles. The molecule has 226 valence electrons. The first kappa shape index (κ1) is 31.9. The normalized spacial score (nSPS) is 33.7. The summed E-state index contributed by atoms with van der Waals surface area (Å²) in [5, 5.41) is 23.8. The van der Waals surface area contributed by atoms with Gasteiger partial charge in [0.15, 0.2) is 4.34 Å². The summed E-state index contributed by atoms with van der Waals surface area (Å²) in [6, 6.07) is 3.80. The van der Waals surface area contributed by atoms with Crippen molar-refractivity contribution in [3.63, 3.8) is 0 Å². The summed E-state index contributed by atoms with van der Waals surface area (Å²) in [7, 11) is 0. The van der Waals surface area contributed by atoms with Crippen LogP contribution in [0.15, 0.2) is 38.1 Å². The Morgan fingerprint density at radius 3 is 2.71 bits per heavy atom. The van der Waals surface area contributed by atoms with Gasteiger partial charge in [-0.3, -0.25) is 9.59 Å². The molecule has 4 heterocycles. The SMILES string of the molecule is CC(=Cc1csc(SCc2ccco2)n1)[C@@H]1C[C@@H]2O[C@]2(C)CCC[C@H](C)[C@H](O)[C@@H](C)C(=O)C(C)(C)[C@@H](O)CC(=O)O1. The molecule has 0 bridgehead atoms. The maximum atomic E-state index is 13.3. The number of aliphatic hydroxyl groups excluding tert-OH is 2. The number of furan rings is 1. The van der Waals surface area contributed by atoms with Crippen LogP contribution in [0.4, 0.5) is 0 Å². The number of ether oxygens (including phenoxy) is 2. The van der Waals surface area contributed by atoms with E-state index in [9.17, 15) is 19.8 Å². The van der Waals surface area contributed by atoms with Gasteiger partial charge < -0.3 is 24.1 Å². The van der Waals surface area contributed by atoms with Gasteiger partial charge in [0.2, 0.25) is 0 Å². The second kappa shape index (κ2) is 13.1. The number of ketones is 1. The number of epoxide rings is 1. The Hall–Kier alpha value is -1.98. The molecule has 8 nitrogen and oxygen atoms in total. The third-order valence-electron chi connectivity index (χ3n) is 8.71. The van der Waals surface area contributed by atoms with Gasteiger partial charge in [0.1, 0.15) is 17.6 Å². The van der Waals surface area contributed by atoms with E-state index in [0.29, 0.717) is 12.2 Å².